The van der Waals surface area contributed by atoms with Gasteiger partial charge in [0.25, 0.3) is 0 Å². The molecule has 0 saturated carbocycles. The van der Waals surface area contributed by atoms with E-state index in [0.29, 0.717) is 19.6 Å². The van der Waals surface area contributed by atoms with Gasteiger partial charge in [-0.1, -0.05) is 0 Å². The van der Waals surface area contributed by atoms with Crippen LogP contribution in [0, 0.1) is 0 Å². The summed E-state index contributed by atoms with van der Waals surface area (Å²) in [5.41, 5.74) is 2.24. The minimum absolute atomic E-state index is 0.278. The van der Waals surface area contributed by atoms with E-state index in [2.05, 4.69) is 5.32 Å². The molecule has 14 heavy (non-hydrogen) atoms. The molecule has 0 radical (unpaired) electrons. The molecule has 0 spiro atoms. The van der Waals surface area contributed by atoms with Gasteiger partial charge in [0, 0.05) is 18.7 Å². The second-order valence-corrected chi connectivity index (χ2v) is 3.49. The van der Waals surface area contributed by atoms with Gasteiger partial charge in [0.15, 0.2) is 0 Å². The van der Waals surface area contributed by atoms with Gasteiger partial charge in [-0.05, 0) is 30.7 Å². The first-order valence-corrected chi connectivity index (χ1v) is 4.97. The van der Waals surface area contributed by atoms with Crippen molar-refractivity contribution >= 4 is 5.69 Å². The number of hydrogen-bond donors (Lipinski definition) is 2. The molecule has 0 amide bonds. The summed E-state index contributed by atoms with van der Waals surface area (Å²) in [4.78, 5) is 0. The molecular formula is C11H15NO2. The van der Waals surface area contributed by atoms with Crippen LogP contribution in [-0.2, 0) is 6.42 Å². The van der Waals surface area contributed by atoms with E-state index < -0.39 is 0 Å². The lowest BCUT2D eigenvalue weighted by atomic mass is 10.0. The minimum Gasteiger partial charge on any atom is -0.494 e. The molecule has 1 aliphatic rings. The van der Waals surface area contributed by atoms with E-state index >= 15 is 0 Å². The van der Waals surface area contributed by atoms with Crippen LogP contribution in [0.3, 0.4) is 0 Å². The monoisotopic (exact) mass is 193 g/mol. The molecule has 0 aliphatic carbocycles. The molecule has 1 aromatic carbocycles. The standard InChI is InChI=1S/C11H15NO2/c1-2-14-10-3-4-11-8(6-10)5-9(13)7-12-11/h3-4,6,9,12-13H,2,5,7H2,1H3. The summed E-state index contributed by atoms with van der Waals surface area (Å²) < 4.78 is 5.40. The van der Waals surface area contributed by atoms with E-state index in [0.717, 1.165) is 17.0 Å². The fourth-order valence-corrected chi connectivity index (χ4v) is 1.72. The van der Waals surface area contributed by atoms with Gasteiger partial charge in [-0.2, -0.15) is 0 Å². The Labute approximate surface area is 83.7 Å². The number of nitrogens with one attached hydrogen (secondary N) is 1. The molecule has 1 atom stereocenters. The van der Waals surface area contributed by atoms with Crippen molar-refractivity contribution in [3.63, 3.8) is 0 Å². The van der Waals surface area contributed by atoms with Gasteiger partial charge < -0.3 is 15.2 Å². The third kappa shape index (κ3) is 1.82. The maximum atomic E-state index is 9.47. The highest BCUT2D eigenvalue weighted by Gasteiger charge is 2.15. The van der Waals surface area contributed by atoms with Crippen molar-refractivity contribution in [1.82, 2.24) is 0 Å². The van der Waals surface area contributed by atoms with Crippen molar-refractivity contribution in [3.05, 3.63) is 23.8 Å². The van der Waals surface area contributed by atoms with Crippen molar-refractivity contribution in [1.29, 1.82) is 0 Å². The minimum atomic E-state index is -0.278. The van der Waals surface area contributed by atoms with Gasteiger partial charge in [0.1, 0.15) is 5.75 Å². The number of benzene rings is 1. The van der Waals surface area contributed by atoms with Crippen LogP contribution >= 0.6 is 0 Å². The molecule has 2 N–H and O–H groups in total. The van der Waals surface area contributed by atoms with E-state index in [4.69, 9.17) is 4.74 Å². The summed E-state index contributed by atoms with van der Waals surface area (Å²) >= 11 is 0. The predicted molar refractivity (Wildman–Crippen MR) is 55.8 cm³/mol. The van der Waals surface area contributed by atoms with E-state index in [1.807, 2.05) is 25.1 Å². The summed E-state index contributed by atoms with van der Waals surface area (Å²) in [6.45, 7) is 3.28. The SMILES string of the molecule is CCOc1ccc2c(c1)CC(O)CN2. The summed E-state index contributed by atoms with van der Waals surface area (Å²) in [7, 11) is 0. The van der Waals surface area contributed by atoms with Crippen LogP contribution in [0.25, 0.3) is 0 Å². The third-order valence-electron chi connectivity index (χ3n) is 2.37. The molecule has 76 valence electrons. The largest absolute Gasteiger partial charge is 0.494 e. The highest BCUT2D eigenvalue weighted by molar-refractivity contribution is 5.56. The van der Waals surface area contributed by atoms with Crippen LogP contribution in [0.1, 0.15) is 12.5 Å². The lowest BCUT2D eigenvalue weighted by Crippen LogP contribution is -2.27. The van der Waals surface area contributed by atoms with Gasteiger partial charge in [-0.25, -0.2) is 0 Å². The number of fused-ring (bicyclic) bond motifs is 1. The van der Waals surface area contributed by atoms with E-state index in [1.165, 1.54) is 0 Å². The third-order valence-corrected chi connectivity index (χ3v) is 2.37. The predicted octanol–water partition coefficient (Wildman–Crippen LogP) is 1.41. The average molecular weight is 193 g/mol. The Kier molecular flexibility index (Phi) is 2.59. The summed E-state index contributed by atoms with van der Waals surface area (Å²) in [6, 6.07) is 5.95. The first-order valence-electron chi connectivity index (χ1n) is 4.97. The maximum Gasteiger partial charge on any atom is 0.119 e. The number of aliphatic hydroxyl groups is 1. The Hall–Kier alpha value is -1.22. The Morgan fingerprint density at radius 2 is 2.43 bits per heavy atom. The average Bonchev–Trinajstić information content (AvgIpc) is 2.17. The first kappa shape index (κ1) is 9.34. The van der Waals surface area contributed by atoms with Gasteiger partial charge in [0.2, 0.25) is 0 Å². The quantitative estimate of drug-likeness (QED) is 0.746. The summed E-state index contributed by atoms with van der Waals surface area (Å²) in [5, 5.41) is 12.6. The molecule has 1 unspecified atom stereocenters. The molecular weight excluding hydrogens is 178 g/mol. The number of aliphatic hydroxyl groups excluding tert-OH is 1. The zero-order chi connectivity index (χ0) is 9.97. The topological polar surface area (TPSA) is 41.5 Å². The van der Waals surface area contributed by atoms with Crippen molar-refractivity contribution in [2.24, 2.45) is 0 Å². The zero-order valence-electron chi connectivity index (χ0n) is 8.29. The fraction of sp³-hybridized carbons (Fsp3) is 0.455. The second kappa shape index (κ2) is 3.88. The molecule has 0 saturated heterocycles. The number of anilines is 1. The fourth-order valence-electron chi connectivity index (χ4n) is 1.72. The zero-order valence-corrected chi connectivity index (χ0v) is 8.29. The van der Waals surface area contributed by atoms with Crippen LogP contribution in [0.5, 0.6) is 5.75 Å². The lowest BCUT2D eigenvalue weighted by Gasteiger charge is -2.22. The van der Waals surface area contributed by atoms with Gasteiger partial charge in [0.05, 0.1) is 12.7 Å². The van der Waals surface area contributed by atoms with Crippen LogP contribution in [0.2, 0.25) is 0 Å². The molecule has 0 fully saturated rings. The van der Waals surface area contributed by atoms with Gasteiger partial charge in [-0.3, -0.25) is 0 Å². The number of rotatable bonds is 2. The van der Waals surface area contributed by atoms with Crippen LogP contribution in [-0.4, -0.2) is 24.4 Å². The van der Waals surface area contributed by atoms with Crippen LogP contribution in [0.4, 0.5) is 5.69 Å². The van der Waals surface area contributed by atoms with Gasteiger partial charge in [-0.15, -0.1) is 0 Å². The molecule has 2 rings (SSSR count). The normalized spacial score (nSPS) is 19.7. The first-order chi connectivity index (χ1) is 6.79. The second-order valence-electron chi connectivity index (χ2n) is 3.49. The molecule has 1 aliphatic heterocycles. The van der Waals surface area contributed by atoms with Crippen LogP contribution in [0.15, 0.2) is 18.2 Å². The van der Waals surface area contributed by atoms with E-state index in [9.17, 15) is 5.11 Å². The smallest absolute Gasteiger partial charge is 0.119 e. The van der Waals surface area contributed by atoms with Crippen molar-refractivity contribution in [2.75, 3.05) is 18.5 Å². The summed E-state index contributed by atoms with van der Waals surface area (Å²) in [5.74, 6) is 0.877. The maximum absolute atomic E-state index is 9.47. The van der Waals surface area contributed by atoms with Gasteiger partial charge >= 0.3 is 0 Å². The molecule has 0 bridgehead atoms. The molecule has 1 heterocycles. The summed E-state index contributed by atoms with van der Waals surface area (Å²) in [6.07, 6.45) is 0.433. The number of hydrogen-bond acceptors (Lipinski definition) is 3. The van der Waals surface area contributed by atoms with Crippen molar-refractivity contribution < 1.29 is 9.84 Å². The van der Waals surface area contributed by atoms with Crippen molar-refractivity contribution in [2.45, 2.75) is 19.4 Å². The number of ether oxygens (including phenoxy) is 1. The lowest BCUT2D eigenvalue weighted by molar-refractivity contribution is 0.184. The Balaban J connectivity index is 2.24. The number of β-amino-alcohol motifs (C(OH)–C–C–N with tert-alkyl or cyclic N) is 1. The molecule has 1 aromatic rings. The highest BCUT2D eigenvalue weighted by atomic mass is 16.5. The Morgan fingerprint density at radius 1 is 1.57 bits per heavy atom. The van der Waals surface area contributed by atoms with E-state index in [-0.39, 0.29) is 6.10 Å². The van der Waals surface area contributed by atoms with E-state index in [1.54, 1.807) is 0 Å². The Morgan fingerprint density at radius 3 is 3.21 bits per heavy atom. The molecule has 3 nitrogen and oxygen atoms in total. The Bertz CT molecular complexity index is 325. The van der Waals surface area contributed by atoms with Crippen molar-refractivity contribution in [3.8, 4) is 5.75 Å². The van der Waals surface area contributed by atoms with Crippen LogP contribution < -0.4 is 10.1 Å². The molecule has 3 heteroatoms. The molecule has 0 aromatic heterocycles. The highest BCUT2D eigenvalue weighted by Crippen LogP contribution is 2.26.